The van der Waals surface area contributed by atoms with Crippen LogP contribution in [0.3, 0.4) is 0 Å². The SMILES string of the molecule is Cc1nc2nonc2c(N)c1Cn1ccc(-c2cccn2C)n1. The summed E-state index contributed by atoms with van der Waals surface area (Å²) in [5, 5.41) is 12.2. The molecule has 2 N–H and O–H groups in total. The third-order valence-corrected chi connectivity index (χ3v) is 3.93. The standard InChI is InChI=1S/C15H15N7O/c1-9-10(13(16)14-15(17-9)20-23-19-14)8-22-7-5-11(18-22)12-4-3-6-21(12)2/h3-7H,8,16H2,1-2H3. The highest BCUT2D eigenvalue weighted by molar-refractivity contribution is 5.85. The molecule has 0 saturated carbocycles. The lowest BCUT2D eigenvalue weighted by Gasteiger charge is -2.08. The van der Waals surface area contributed by atoms with E-state index in [0.29, 0.717) is 23.4 Å². The van der Waals surface area contributed by atoms with Gasteiger partial charge in [0.2, 0.25) is 5.65 Å². The smallest absolute Gasteiger partial charge is 0.226 e. The molecule has 8 nitrogen and oxygen atoms in total. The zero-order valence-electron chi connectivity index (χ0n) is 12.8. The van der Waals surface area contributed by atoms with E-state index >= 15 is 0 Å². The molecule has 8 heteroatoms. The molecule has 4 heterocycles. The summed E-state index contributed by atoms with van der Waals surface area (Å²) in [7, 11) is 1.99. The van der Waals surface area contributed by atoms with Gasteiger partial charge < -0.3 is 10.3 Å². The van der Waals surface area contributed by atoms with E-state index in [2.05, 4.69) is 20.4 Å². The van der Waals surface area contributed by atoms with Crippen molar-refractivity contribution in [2.75, 3.05) is 5.73 Å². The molecule has 4 aromatic heterocycles. The van der Waals surface area contributed by atoms with Gasteiger partial charge >= 0.3 is 0 Å². The largest absolute Gasteiger partial charge is 0.396 e. The molecule has 0 spiro atoms. The molecule has 0 aliphatic carbocycles. The van der Waals surface area contributed by atoms with Crippen LogP contribution in [0.25, 0.3) is 22.6 Å². The van der Waals surface area contributed by atoms with Crippen LogP contribution >= 0.6 is 0 Å². The fourth-order valence-corrected chi connectivity index (χ4v) is 2.67. The Kier molecular flexibility index (Phi) is 2.90. The van der Waals surface area contributed by atoms with Gasteiger partial charge in [0.25, 0.3) is 0 Å². The van der Waals surface area contributed by atoms with Crippen LogP contribution in [0.2, 0.25) is 0 Å². The lowest BCUT2D eigenvalue weighted by Crippen LogP contribution is -2.08. The first-order valence-electron chi connectivity index (χ1n) is 7.16. The Morgan fingerprint density at radius 3 is 2.87 bits per heavy atom. The average molecular weight is 309 g/mol. The third kappa shape index (κ3) is 2.15. The zero-order valence-corrected chi connectivity index (χ0v) is 12.8. The molecule has 4 aromatic rings. The molecule has 0 aromatic carbocycles. The van der Waals surface area contributed by atoms with Crippen molar-refractivity contribution in [3.63, 3.8) is 0 Å². The third-order valence-electron chi connectivity index (χ3n) is 3.93. The van der Waals surface area contributed by atoms with Crippen molar-refractivity contribution in [2.45, 2.75) is 13.5 Å². The molecule has 0 saturated heterocycles. The predicted octanol–water partition coefficient (Wildman–Crippen LogP) is 1.76. The molecule has 0 radical (unpaired) electrons. The number of nitrogens with zero attached hydrogens (tertiary/aromatic N) is 6. The van der Waals surface area contributed by atoms with Crippen LogP contribution in [0.4, 0.5) is 5.69 Å². The zero-order chi connectivity index (χ0) is 16.0. The van der Waals surface area contributed by atoms with Crippen LogP contribution < -0.4 is 5.73 Å². The number of anilines is 1. The van der Waals surface area contributed by atoms with E-state index in [1.165, 1.54) is 0 Å². The van der Waals surface area contributed by atoms with Gasteiger partial charge in [-0.3, -0.25) is 4.68 Å². The first-order valence-corrected chi connectivity index (χ1v) is 7.16. The fourth-order valence-electron chi connectivity index (χ4n) is 2.67. The van der Waals surface area contributed by atoms with Gasteiger partial charge in [0.15, 0.2) is 5.52 Å². The van der Waals surface area contributed by atoms with E-state index in [1.807, 2.05) is 53.8 Å². The van der Waals surface area contributed by atoms with Crippen molar-refractivity contribution in [3.05, 3.63) is 41.9 Å². The summed E-state index contributed by atoms with van der Waals surface area (Å²) in [6.07, 6.45) is 3.92. The van der Waals surface area contributed by atoms with Gasteiger partial charge in [-0.25, -0.2) is 9.61 Å². The first kappa shape index (κ1) is 13.5. The molecule has 0 bridgehead atoms. The molecule has 116 valence electrons. The molecule has 0 aliphatic rings. The number of rotatable bonds is 3. The predicted molar refractivity (Wildman–Crippen MR) is 84.5 cm³/mol. The second-order valence-corrected chi connectivity index (χ2v) is 5.43. The summed E-state index contributed by atoms with van der Waals surface area (Å²) >= 11 is 0. The van der Waals surface area contributed by atoms with Crippen molar-refractivity contribution in [3.8, 4) is 11.4 Å². The molecule has 0 amide bonds. The van der Waals surface area contributed by atoms with Gasteiger partial charge in [0.1, 0.15) is 5.69 Å². The maximum Gasteiger partial charge on any atom is 0.226 e. The van der Waals surface area contributed by atoms with Gasteiger partial charge in [-0.1, -0.05) is 0 Å². The van der Waals surface area contributed by atoms with Crippen LogP contribution in [0, 0.1) is 6.92 Å². The van der Waals surface area contributed by atoms with E-state index in [9.17, 15) is 0 Å². The molecule has 23 heavy (non-hydrogen) atoms. The molecular weight excluding hydrogens is 294 g/mol. The summed E-state index contributed by atoms with van der Waals surface area (Å²) in [4.78, 5) is 4.37. The van der Waals surface area contributed by atoms with Gasteiger partial charge in [-0.15, -0.1) is 0 Å². The Labute approximate surface area is 131 Å². The number of nitrogens with two attached hydrogens (primary N) is 1. The monoisotopic (exact) mass is 309 g/mol. The summed E-state index contributed by atoms with van der Waals surface area (Å²) in [5.74, 6) is 0. The fraction of sp³-hybridized carbons (Fsp3) is 0.200. The topological polar surface area (TPSA) is 101 Å². The summed E-state index contributed by atoms with van der Waals surface area (Å²) in [6.45, 7) is 2.40. The second kappa shape index (κ2) is 4.94. The van der Waals surface area contributed by atoms with E-state index < -0.39 is 0 Å². The molecule has 0 aliphatic heterocycles. The average Bonchev–Trinajstić information content (AvgIpc) is 3.23. The Morgan fingerprint density at radius 1 is 1.22 bits per heavy atom. The maximum atomic E-state index is 6.19. The Balaban J connectivity index is 1.71. The van der Waals surface area contributed by atoms with E-state index in [0.717, 1.165) is 22.6 Å². The lowest BCUT2D eigenvalue weighted by atomic mass is 10.1. The lowest BCUT2D eigenvalue weighted by molar-refractivity contribution is 0.315. The number of nitrogen functional groups attached to an aromatic ring is 1. The van der Waals surface area contributed by atoms with Crippen LogP contribution in [0.15, 0.2) is 35.2 Å². The van der Waals surface area contributed by atoms with Gasteiger partial charge in [0, 0.05) is 30.7 Å². The Morgan fingerprint density at radius 2 is 2.09 bits per heavy atom. The Hall–Kier alpha value is -3.16. The van der Waals surface area contributed by atoms with E-state index in [4.69, 9.17) is 10.4 Å². The van der Waals surface area contributed by atoms with Crippen molar-refractivity contribution < 1.29 is 4.63 Å². The van der Waals surface area contributed by atoms with Crippen LogP contribution in [0.5, 0.6) is 0 Å². The van der Waals surface area contributed by atoms with Gasteiger partial charge in [-0.2, -0.15) is 5.10 Å². The second-order valence-electron chi connectivity index (χ2n) is 5.43. The minimum absolute atomic E-state index is 0.425. The highest BCUT2D eigenvalue weighted by Gasteiger charge is 2.15. The number of pyridine rings is 1. The van der Waals surface area contributed by atoms with Crippen molar-refractivity contribution in [1.82, 2.24) is 29.6 Å². The Bertz CT molecular complexity index is 995. The highest BCUT2D eigenvalue weighted by atomic mass is 16.6. The van der Waals surface area contributed by atoms with Crippen LogP contribution in [-0.4, -0.2) is 29.6 Å². The van der Waals surface area contributed by atoms with E-state index in [1.54, 1.807) is 0 Å². The van der Waals surface area contributed by atoms with Crippen molar-refractivity contribution >= 4 is 16.9 Å². The number of aryl methyl sites for hydroxylation is 2. The first-order chi connectivity index (χ1) is 11.1. The molecular formula is C15H15N7O. The van der Waals surface area contributed by atoms with Crippen LogP contribution in [-0.2, 0) is 13.6 Å². The minimum Gasteiger partial charge on any atom is -0.396 e. The number of fused-ring (bicyclic) bond motifs is 1. The minimum atomic E-state index is 0.425. The number of aromatic nitrogens is 6. The highest BCUT2D eigenvalue weighted by Crippen LogP contribution is 2.24. The normalized spacial score (nSPS) is 11.4. The maximum absolute atomic E-state index is 6.19. The molecule has 0 fully saturated rings. The summed E-state index contributed by atoms with van der Waals surface area (Å²) in [5.41, 5.74) is 11.3. The quantitative estimate of drug-likeness (QED) is 0.619. The number of hydrogen-bond acceptors (Lipinski definition) is 6. The molecule has 0 unspecified atom stereocenters. The summed E-state index contributed by atoms with van der Waals surface area (Å²) < 4.78 is 8.57. The molecule has 4 rings (SSSR count). The summed E-state index contributed by atoms with van der Waals surface area (Å²) in [6, 6.07) is 6.00. The van der Waals surface area contributed by atoms with Gasteiger partial charge in [0.05, 0.1) is 17.9 Å². The number of hydrogen-bond donors (Lipinski definition) is 1. The van der Waals surface area contributed by atoms with Crippen molar-refractivity contribution in [1.29, 1.82) is 0 Å². The van der Waals surface area contributed by atoms with Gasteiger partial charge in [-0.05, 0) is 35.4 Å². The van der Waals surface area contributed by atoms with E-state index in [-0.39, 0.29) is 0 Å². The molecule has 0 atom stereocenters. The van der Waals surface area contributed by atoms with Crippen molar-refractivity contribution in [2.24, 2.45) is 7.05 Å². The van der Waals surface area contributed by atoms with Crippen LogP contribution in [0.1, 0.15) is 11.3 Å².